The number of esters is 1. The van der Waals surface area contributed by atoms with Crippen molar-refractivity contribution in [3.8, 4) is 0 Å². The standard InChI is InChI=1S/C13H18ClNO3S/c1-17-6-5-15-8-10-3-4-12(11(14)7-10)19-9-13(16)18-2/h3-4,7,15H,5-6,8-9H2,1-2H3. The topological polar surface area (TPSA) is 47.6 Å². The monoisotopic (exact) mass is 303 g/mol. The second-order valence-electron chi connectivity index (χ2n) is 3.80. The Labute approximate surface area is 122 Å². The van der Waals surface area contributed by atoms with Gasteiger partial charge in [0.2, 0.25) is 0 Å². The van der Waals surface area contributed by atoms with Gasteiger partial charge < -0.3 is 14.8 Å². The number of nitrogens with one attached hydrogen (secondary N) is 1. The van der Waals surface area contributed by atoms with E-state index in [9.17, 15) is 4.79 Å². The molecule has 1 aromatic carbocycles. The Bertz CT molecular complexity index is 415. The molecule has 6 heteroatoms. The second kappa shape index (κ2) is 9.20. The largest absolute Gasteiger partial charge is 0.468 e. The Morgan fingerprint density at radius 2 is 2.21 bits per heavy atom. The van der Waals surface area contributed by atoms with Gasteiger partial charge in [-0.2, -0.15) is 0 Å². The number of carbonyl (C=O) groups is 1. The lowest BCUT2D eigenvalue weighted by Crippen LogP contribution is -2.18. The van der Waals surface area contributed by atoms with Crippen molar-refractivity contribution in [3.63, 3.8) is 0 Å². The SMILES string of the molecule is COCCNCc1ccc(SCC(=O)OC)c(Cl)c1. The second-order valence-corrected chi connectivity index (χ2v) is 5.22. The molecule has 0 bridgehead atoms. The lowest BCUT2D eigenvalue weighted by atomic mass is 10.2. The number of thioether (sulfide) groups is 1. The van der Waals surface area contributed by atoms with E-state index in [0.717, 1.165) is 23.5 Å². The highest BCUT2D eigenvalue weighted by molar-refractivity contribution is 8.00. The summed E-state index contributed by atoms with van der Waals surface area (Å²) in [6.07, 6.45) is 0. The molecular weight excluding hydrogens is 286 g/mol. The van der Waals surface area contributed by atoms with Crippen LogP contribution in [0.4, 0.5) is 0 Å². The first-order valence-corrected chi connectivity index (χ1v) is 7.21. The van der Waals surface area contributed by atoms with Crippen LogP contribution in [-0.2, 0) is 20.8 Å². The van der Waals surface area contributed by atoms with E-state index in [2.05, 4.69) is 10.1 Å². The smallest absolute Gasteiger partial charge is 0.315 e. The molecule has 0 spiro atoms. The van der Waals surface area contributed by atoms with Crippen LogP contribution in [0.2, 0.25) is 5.02 Å². The number of benzene rings is 1. The quantitative estimate of drug-likeness (QED) is 0.454. The van der Waals surface area contributed by atoms with Gasteiger partial charge in [0, 0.05) is 25.1 Å². The van der Waals surface area contributed by atoms with Gasteiger partial charge in [-0.25, -0.2) is 0 Å². The fourth-order valence-electron chi connectivity index (χ4n) is 1.37. The molecular formula is C13H18ClNO3S. The number of ether oxygens (including phenoxy) is 2. The number of hydrogen-bond donors (Lipinski definition) is 1. The first kappa shape index (κ1) is 16.3. The molecule has 0 saturated carbocycles. The minimum atomic E-state index is -0.258. The van der Waals surface area contributed by atoms with Crippen LogP contribution in [0.1, 0.15) is 5.56 Å². The molecule has 1 N–H and O–H groups in total. The highest BCUT2D eigenvalue weighted by Gasteiger charge is 2.06. The number of carbonyl (C=O) groups excluding carboxylic acids is 1. The van der Waals surface area contributed by atoms with E-state index in [4.69, 9.17) is 16.3 Å². The van der Waals surface area contributed by atoms with E-state index in [1.54, 1.807) is 7.11 Å². The van der Waals surface area contributed by atoms with Crippen LogP contribution in [0.5, 0.6) is 0 Å². The third-order valence-electron chi connectivity index (χ3n) is 2.38. The summed E-state index contributed by atoms with van der Waals surface area (Å²) in [6.45, 7) is 2.22. The zero-order chi connectivity index (χ0) is 14.1. The zero-order valence-corrected chi connectivity index (χ0v) is 12.6. The van der Waals surface area contributed by atoms with Gasteiger partial charge in [-0.15, -0.1) is 11.8 Å². The minimum absolute atomic E-state index is 0.258. The number of rotatable bonds is 8. The van der Waals surface area contributed by atoms with Gasteiger partial charge in [0.25, 0.3) is 0 Å². The molecule has 4 nitrogen and oxygen atoms in total. The van der Waals surface area contributed by atoms with Crippen LogP contribution in [0, 0.1) is 0 Å². The molecule has 1 aromatic rings. The molecule has 0 saturated heterocycles. The van der Waals surface area contributed by atoms with Gasteiger partial charge in [-0.3, -0.25) is 4.79 Å². The first-order chi connectivity index (χ1) is 9.17. The van der Waals surface area contributed by atoms with Gasteiger partial charge in [0.15, 0.2) is 0 Å². The molecule has 0 aliphatic heterocycles. The highest BCUT2D eigenvalue weighted by atomic mass is 35.5. The van der Waals surface area contributed by atoms with Crippen LogP contribution in [-0.4, -0.2) is 39.1 Å². The van der Waals surface area contributed by atoms with Gasteiger partial charge in [-0.05, 0) is 17.7 Å². The first-order valence-electron chi connectivity index (χ1n) is 5.85. The van der Waals surface area contributed by atoms with E-state index in [0.29, 0.717) is 11.6 Å². The van der Waals surface area contributed by atoms with Crippen molar-refractivity contribution in [1.29, 1.82) is 0 Å². The van der Waals surface area contributed by atoms with Crippen LogP contribution < -0.4 is 5.32 Å². The van der Waals surface area contributed by atoms with E-state index in [1.165, 1.54) is 18.9 Å². The fraction of sp³-hybridized carbons (Fsp3) is 0.462. The summed E-state index contributed by atoms with van der Waals surface area (Å²) < 4.78 is 9.54. The molecule has 0 radical (unpaired) electrons. The summed E-state index contributed by atoms with van der Waals surface area (Å²) in [7, 11) is 3.05. The predicted molar refractivity (Wildman–Crippen MR) is 77.8 cm³/mol. The number of halogens is 1. The van der Waals surface area contributed by atoms with Gasteiger partial charge >= 0.3 is 5.97 Å². The maximum atomic E-state index is 11.1. The summed E-state index contributed by atoms with van der Waals surface area (Å²) in [6, 6.07) is 5.82. The Morgan fingerprint density at radius 3 is 2.84 bits per heavy atom. The summed E-state index contributed by atoms with van der Waals surface area (Å²) in [5.41, 5.74) is 1.10. The van der Waals surface area contributed by atoms with Gasteiger partial charge in [0.05, 0.1) is 24.5 Å². The Hall–Kier alpha value is -0.750. The molecule has 106 valence electrons. The molecule has 19 heavy (non-hydrogen) atoms. The molecule has 0 unspecified atom stereocenters. The lowest BCUT2D eigenvalue weighted by Gasteiger charge is -2.07. The zero-order valence-electron chi connectivity index (χ0n) is 11.1. The van der Waals surface area contributed by atoms with Crippen LogP contribution >= 0.6 is 23.4 Å². The molecule has 1 rings (SSSR count). The molecule has 0 fully saturated rings. The molecule has 0 amide bonds. The van der Waals surface area contributed by atoms with Gasteiger partial charge in [-0.1, -0.05) is 17.7 Å². The molecule has 0 aliphatic rings. The average molecular weight is 304 g/mol. The van der Waals surface area contributed by atoms with Crippen LogP contribution in [0.15, 0.2) is 23.1 Å². The Balaban J connectivity index is 2.47. The van der Waals surface area contributed by atoms with E-state index in [-0.39, 0.29) is 11.7 Å². The van der Waals surface area contributed by atoms with Crippen molar-refractivity contribution in [2.45, 2.75) is 11.4 Å². The predicted octanol–water partition coefficient (Wildman–Crippen LogP) is 2.34. The maximum absolute atomic E-state index is 11.1. The Kier molecular flexibility index (Phi) is 7.90. The Morgan fingerprint density at radius 1 is 1.42 bits per heavy atom. The summed E-state index contributed by atoms with van der Waals surface area (Å²) in [5, 5.41) is 3.90. The number of hydrogen-bond acceptors (Lipinski definition) is 5. The van der Waals surface area contributed by atoms with Crippen LogP contribution in [0.25, 0.3) is 0 Å². The third kappa shape index (κ3) is 6.29. The molecule has 0 atom stereocenters. The fourth-order valence-corrected chi connectivity index (χ4v) is 2.49. The lowest BCUT2D eigenvalue weighted by molar-refractivity contribution is -0.137. The average Bonchev–Trinajstić information content (AvgIpc) is 2.42. The number of methoxy groups -OCH3 is 2. The van der Waals surface area contributed by atoms with Crippen molar-refractivity contribution in [1.82, 2.24) is 5.32 Å². The van der Waals surface area contributed by atoms with Gasteiger partial charge in [0.1, 0.15) is 0 Å². The van der Waals surface area contributed by atoms with Crippen molar-refractivity contribution in [2.24, 2.45) is 0 Å². The molecule has 0 aromatic heterocycles. The minimum Gasteiger partial charge on any atom is -0.468 e. The summed E-state index contributed by atoms with van der Waals surface area (Å²) in [5.74, 6) is 0.00755. The van der Waals surface area contributed by atoms with E-state index >= 15 is 0 Å². The van der Waals surface area contributed by atoms with Crippen LogP contribution in [0.3, 0.4) is 0 Å². The highest BCUT2D eigenvalue weighted by Crippen LogP contribution is 2.28. The summed E-state index contributed by atoms with van der Waals surface area (Å²) >= 11 is 7.54. The maximum Gasteiger partial charge on any atom is 0.315 e. The normalized spacial score (nSPS) is 10.5. The van der Waals surface area contributed by atoms with E-state index < -0.39 is 0 Å². The van der Waals surface area contributed by atoms with Crippen molar-refractivity contribution in [3.05, 3.63) is 28.8 Å². The molecule has 0 heterocycles. The van der Waals surface area contributed by atoms with E-state index in [1.807, 2.05) is 18.2 Å². The molecule has 0 aliphatic carbocycles. The van der Waals surface area contributed by atoms with Crippen molar-refractivity contribution < 1.29 is 14.3 Å². The summed E-state index contributed by atoms with van der Waals surface area (Å²) in [4.78, 5) is 11.9. The van der Waals surface area contributed by atoms with Crippen molar-refractivity contribution in [2.75, 3.05) is 33.1 Å². The van der Waals surface area contributed by atoms with Crippen molar-refractivity contribution >= 4 is 29.3 Å². The third-order valence-corrected chi connectivity index (χ3v) is 3.85.